The van der Waals surface area contributed by atoms with Crippen LogP contribution < -0.4 is 0 Å². The summed E-state index contributed by atoms with van der Waals surface area (Å²) in [5, 5.41) is 8.23. The van der Waals surface area contributed by atoms with Crippen LogP contribution >= 0.6 is 0 Å². The Labute approximate surface area is 156 Å². The number of aromatic nitrogens is 3. The molecule has 1 aromatic carbocycles. The van der Waals surface area contributed by atoms with Gasteiger partial charge in [0, 0.05) is 31.9 Å². The van der Waals surface area contributed by atoms with Gasteiger partial charge in [-0.05, 0) is 36.6 Å². The zero-order valence-electron chi connectivity index (χ0n) is 14.7. The van der Waals surface area contributed by atoms with E-state index in [1.807, 2.05) is 12.1 Å². The van der Waals surface area contributed by atoms with Crippen LogP contribution in [0.2, 0.25) is 0 Å². The zero-order valence-corrected chi connectivity index (χ0v) is 14.7. The molecule has 138 valence electrons. The SMILES string of the molecule is O=C(CCc1ccccc1F)N1CC[C@@H](c2nnc(-c3cccnc3)o2)C1. The Morgan fingerprint density at radius 1 is 1.22 bits per heavy atom. The topological polar surface area (TPSA) is 72.1 Å². The maximum absolute atomic E-state index is 13.7. The van der Waals surface area contributed by atoms with E-state index in [1.165, 1.54) is 6.07 Å². The van der Waals surface area contributed by atoms with E-state index in [-0.39, 0.29) is 17.6 Å². The van der Waals surface area contributed by atoms with Crippen LogP contribution in [-0.2, 0) is 11.2 Å². The molecule has 0 bridgehead atoms. The van der Waals surface area contributed by atoms with Crippen LogP contribution in [0.25, 0.3) is 11.5 Å². The van der Waals surface area contributed by atoms with Gasteiger partial charge in [-0.1, -0.05) is 18.2 Å². The van der Waals surface area contributed by atoms with Crippen molar-refractivity contribution in [1.29, 1.82) is 0 Å². The van der Waals surface area contributed by atoms with Crippen molar-refractivity contribution in [3.05, 3.63) is 66.1 Å². The van der Waals surface area contributed by atoms with Crippen LogP contribution in [0, 0.1) is 5.82 Å². The summed E-state index contributed by atoms with van der Waals surface area (Å²) in [5.74, 6) is 0.757. The number of aryl methyl sites for hydroxylation is 1. The first-order valence-electron chi connectivity index (χ1n) is 8.95. The fraction of sp³-hybridized carbons (Fsp3) is 0.300. The smallest absolute Gasteiger partial charge is 0.249 e. The highest BCUT2D eigenvalue weighted by Crippen LogP contribution is 2.29. The summed E-state index contributed by atoms with van der Waals surface area (Å²) in [6.07, 6.45) is 4.82. The van der Waals surface area contributed by atoms with Crippen LogP contribution in [0.3, 0.4) is 0 Å². The molecule has 0 unspecified atom stereocenters. The Balaban J connectivity index is 1.35. The summed E-state index contributed by atoms with van der Waals surface area (Å²) in [5.41, 5.74) is 1.34. The normalized spacial score (nSPS) is 16.6. The Bertz CT molecular complexity index is 928. The van der Waals surface area contributed by atoms with Crippen molar-refractivity contribution in [3.63, 3.8) is 0 Å². The first-order valence-corrected chi connectivity index (χ1v) is 8.95. The molecule has 1 atom stereocenters. The first kappa shape index (κ1) is 17.3. The van der Waals surface area contributed by atoms with Gasteiger partial charge in [-0.2, -0.15) is 0 Å². The lowest BCUT2D eigenvalue weighted by Gasteiger charge is -2.15. The predicted octanol–water partition coefficient (Wildman–Crippen LogP) is 3.22. The highest BCUT2D eigenvalue weighted by Gasteiger charge is 2.30. The average molecular weight is 366 g/mol. The number of amides is 1. The molecule has 1 fully saturated rings. The van der Waals surface area contributed by atoms with Gasteiger partial charge in [0.1, 0.15) is 5.82 Å². The number of nitrogens with zero attached hydrogens (tertiary/aromatic N) is 4. The van der Waals surface area contributed by atoms with E-state index >= 15 is 0 Å². The minimum absolute atomic E-state index is 0.0211. The zero-order chi connectivity index (χ0) is 18.6. The number of carbonyl (C=O) groups is 1. The third kappa shape index (κ3) is 3.86. The van der Waals surface area contributed by atoms with Gasteiger partial charge in [-0.15, -0.1) is 10.2 Å². The van der Waals surface area contributed by atoms with E-state index in [1.54, 1.807) is 35.5 Å². The summed E-state index contributed by atoms with van der Waals surface area (Å²) in [6.45, 7) is 1.19. The number of benzene rings is 1. The lowest BCUT2D eigenvalue weighted by Crippen LogP contribution is -2.28. The van der Waals surface area contributed by atoms with Crippen molar-refractivity contribution in [3.8, 4) is 11.5 Å². The average Bonchev–Trinajstić information content (AvgIpc) is 3.37. The Morgan fingerprint density at radius 3 is 2.93 bits per heavy atom. The molecular weight excluding hydrogens is 347 g/mol. The van der Waals surface area contributed by atoms with Crippen LogP contribution in [-0.4, -0.2) is 39.1 Å². The second-order valence-electron chi connectivity index (χ2n) is 6.60. The number of likely N-dealkylation sites (tertiary alicyclic amines) is 1. The number of halogens is 1. The number of carbonyl (C=O) groups excluding carboxylic acids is 1. The molecular formula is C20H19FN4O2. The van der Waals surface area contributed by atoms with Gasteiger partial charge >= 0.3 is 0 Å². The molecule has 4 rings (SSSR count). The number of pyridine rings is 1. The minimum Gasteiger partial charge on any atom is -0.420 e. The van der Waals surface area contributed by atoms with Gasteiger partial charge < -0.3 is 9.32 Å². The molecule has 1 amide bonds. The molecule has 1 aliphatic heterocycles. The molecule has 0 aliphatic carbocycles. The number of rotatable bonds is 5. The van der Waals surface area contributed by atoms with E-state index in [2.05, 4.69) is 15.2 Å². The Kier molecular flexibility index (Phi) is 4.91. The highest BCUT2D eigenvalue weighted by molar-refractivity contribution is 5.76. The Morgan fingerprint density at radius 2 is 2.11 bits per heavy atom. The summed E-state index contributed by atoms with van der Waals surface area (Å²) >= 11 is 0. The molecule has 7 heteroatoms. The first-order chi connectivity index (χ1) is 13.2. The van der Waals surface area contributed by atoms with E-state index in [0.717, 1.165) is 12.0 Å². The Hall–Kier alpha value is -3.09. The third-order valence-electron chi connectivity index (χ3n) is 4.81. The molecule has 1 aliphatic rings. The summed E-state index contributed by atoms with van der Waals surface area (Å²) in [6, 6.07) is 10.2. The van der Waals surface area contributed by atoms with Gasteiger partial charge in [0.25, 0.3) is 0 Å². The maximum atomic E-state index is 13.7. The van der Waals surface area contributed by atoms with Gasteiger partial charge in [-0.25, -0.2) is 4.39 Å². The van der Waals surface area contributed by atoms with Crippen molar-refractivity contribution in [2.75, 3.05) is 13.1 Å². The van der Waals surface area contributed by atoms with Crippen molar-refractivity contribution in [2.24, 2.45) is 0 Å². The van der Waals surface area contributed by atoms with E-state index < -0.39 is 0 Å². The van der Waals surface area contributed by atoms with Gasteiger partial charge in [0.05, 0.1) is 11.5 Å². The molecule has 0 spiro atoms. The summed E-state index contributed by atoms with van der Waals surface area (Å²) in [4.78, 5) is 18.3. The highest BCUT2D eigenvalue weighted by atomic mass is 19.1. The minimum atomic E-state index is -0.265. The fourth-order valence-electron chi connectivity index (χ4n) is 3.29. The molecule has 27 heavy (non-hydrogen) atoms. The molecule has 1 saturated heterocycles. The summed E-state index contributed by atoms with van der Waals surface area (Å²) in [7, 11) is 0. The number of hydrogen-bond donors (Lipinski definition) is 0. The molecule has 0 N–H and O–H groups in total. The standard InChI is InChI=1S/C20H19FN4O2/c21-17-6-2-1-4-14(17)7-8-18(26)25-11-9-16(13-25)20-24-23-19(27-20)15-5-3-10-22-12-15/h1-6,10,12,16H,7-9,11,13H2/t16-/m1/s1. The predicted molar refractivity (Wildman–Crippen MR) is 96.2 cm³/mol. The molecule has 3 heterocycles. The lowest BCUT2D eigenvalue weighted by atomic mass is 10.1. The van der Waals surface area contributed by atoms with Crippen LogP contribution in [0.5, 0.6) is 0 Å². The number of hydrogen-bond acceptors (Lipinski definition) is 5. The van der Waals surface area contributed by atoms with E-state index in [0.29, 0.717) is 43.3 Å². The molecule has 6 nitrogen and oxygen atoms in total. The van der Waals surface area contributed by atoms with E-state index in [4.69, 9.17) is 4.42 Å². The van der Waals surface area contributed by atoms with Crippen LogP contribution in [0.15, 0.2) is 53.2 Å². The van der Waals surface area contributed by atoms with Crippen molar-refractivity contribution in [1.82, 2.24) is 20.1 Å². The van der Waals surface area contributed by atoms with Crippen LogP contribution in [0.4, 0.5) is 4.39 Å². The molecule has 3 aromatic rings. The van der Waals surface area contributed by atoms with Gasteiger partial charge in [-0.3, -0.25) is 9.78 Å². The largest absolute Gasteiger partial charge is 0.420 e. The molecule has 0 saturated carbocycles. The maximum Gasteiger partial charge on any atom is 0.249 e. The van der Waals surface area contributed by atoms with Crippen molar-refractivity contribution >= 4 is 5.91 Å². The molecule has 2 aromatic heterocycles. The van der Waals surface area contributed by atoms with Crippen molar-refractivity contribution < 1.29 is 13.6 Å². The van der Waals surface area contributed by atoms with Crippen LogP contribution in [0.1, 0.15) is 30.2 Å². The monoisotopic (exact) mass is 366 g/mol. The lowest BCUT2D eigenvalue weighted by molar-refractivity contribution is -0.130. The summed E-state index contributed by atoms with van der Waals surface area (Å²) < 4.78 is 19.5. The van der Waals surface area contributed by atoms with Crippen molar-refractivity contribution in [2.45, 2.75) is 25.2 Å². The molecule has 0 radical (unpaired) electrons. The second-order valence-corrected chi connectivity index (χ2v) is 6.60. The fourth-order valence-corrected chi connectivity index (χ4v) is 3.29. The van der Waals surface area contributed by atoms with Gasteiger partial charge in [0.2, 0.25) is 17.7 Å². The third-order valence-corrected chi connectivity index (χ3v) is 4.81. The van der Waals surface area contributed by atoms with Gasteiger partial charge in [0.15, 0.2) is 0 Å². The second kappa shape index (κ2) is 7.65. The quantitative estimate of drug-likeness (QED) is 0.693. The van der Waals surface area contributed by atoms with E-state index in [9.17, 15) is 9.18 Å².